The van der Waals surface area contributed by atoms with Gasteiger partial charge in [0.25, 0.3) is 0 Å². The highest BCUT2D eigenvalue weighted by molar-refractivity contribution is 5.79. The summed E-state index contributed by atoms with van der Waals surface area (Å²) < 4.78 is 10.8. The number of esters is 2. The summed E-state index contributed by atoms with van der Waals surface area (Å²) in [5.41, 5.74) is 0.378. The van der Waals surface area contributed by atoms with Crippen molar-refractivity contribution in [3.63, 3.8) is 0 Å². The SMILES string of the molecule is CCN(C(C)C(=O)OC(C)(C)C)[C@H](C)C(=O)OCc1ccccc1. The van der Waals surface area contributed by atoms with Gasteiger partial charge in [0.1, 0.15) is 24.3 Å². The Bertz CT molecular complexity index is 536. The van der Waals surface area contributed by atoms with Crippen molar-refractivity contribution >= 4 is 11.9 Å². The highest BCUT2D eigenvalue weighted by atomic mass is 16.6. The topological polar surface area (TPSA) is 55.8 Å². The zero-order chi connectivity index (χ0) is 18.3. The molecule has 0 fully saturated rings. The molecule has 1 aromatic rings. The van der Waals surface area contributed by atoms with Gasteiger partial charge in [0.15, 0.2) is 0 Å². The van der Waals surface area contributed by atoms with Crippen molar-refractivity contribution in [3.8, 4) is 0 Å². The van der Waals surface area contributed by atoms with Crippen molar-refractivity contribution in [2.45, 2.75) is 65.8 Å². The van der Waals surface area contributed by atoms with Gasteiger partial charge in [0.05, 0.1) is 0 Å². The molecule has 0 spiro atoms. The maximum atomic E-state index is 12.3. The molecule has 1 rings (SSSR count). The summed E-state index contributed by atoms with van der Waals surface area (Å²) in [5, 5.41) is 0. The molecule has 0 N–H and O–H groups in total. The van der Waals surface area contributed by atoms with Crippen molar-refractivity contribution in [1.82, 2.24) is 4.90 Å². The average Bonchev–Trinajstić information content (AvgIpc) is 2.52. The maximum Gasteiger partial charge on any atom is 0.323 e. The quantitative estimate of drug-likeness (QED) is 0.716. The number of nitrogens with zero attached hydrogens (tertiary/aromatic N) is 1. The van der Waals surface area contributed by atoms with E-state index in [0.717, 1.165) is 5.56 Å². The van der Waals surface area contributed by atoms with E-state index >= 15 is 0 Å². The number of benzene rings is 1. The second-order valence-corrected chi connectivity index (χ2v) is 6.81. The first-order valence-electron chi connectivity index (χ1n) is 8.35. The Morgan fingerprint density at radius 1 is 1.04 bits per heavy atom. The molecule has 0 saturated carbocycles. The fourth-order valence-corrected chi connectivity index (χ4v) is 2.39. The van der Waals surface area contributed by atoms with Crippen molar-refractivity contribution in [3.05, 3.63) is 35.9 Å². The van der Waals surface area contributed by atoms with E-state index in [4.69, 9.17) is 9.47 Å². The molecule has 0 heterocycles. The minimum absolute atomic E-state index is 0.225. The summed E-state index contributed by atoms with van der Waals surface area (Å²) in [6, 6.07) is 8.47. The van der Waals surface area contributed by atoms with Crippen LogP contribution in [0.25, 0.3) is 0 Å². The van der Waals surface area contributed by atoms with Crippen LogP contribution in [0, 0.1) is 0 Å². The van der Waals surface area contributed by atoms with E-state index in [1.807, 2.05) is 58.0 Å². The molecule has 1 aromatic carbocycles. The molecule has 0 aliphatic carbocycles. The van der Waals surface area contributed by atoms with E-state index in [-0.39, 0.29) is 18.5 Å². The van der Waals surface area contributed by atoms with E-state index in [2.05, 4.69) is 0 Å². The van der Waals surface area contributed by atoms with Gasteiger partial charge < -0.3 is 9.47 Å². The standard InChI is InChI=1S/C19H29NO4/c1-7-20(15(3)18(22)24-19(4,5)6)14(2)17(21)23-13-16-11-9-8-10-12-16/h8-12,14-15H,7,13H2,1-6H3/t14-,15?/m1/s1. The van der Waals surface area contributed by atoms with Gasteiger partial charge in [0.2, 0.25) is 0 Å². The summed E-state index contributed by atoms with van der Waals surface area (Å²) in [7, 11) is 0. The molecule has 5 heteroatoms. The van der Waals surface area contributed by atoms with Crippen molar-refractivity contribution in [2.24, 2.45) is 0 Å². The molecule has 0 bridgehead atoms. The molecule has 0 aliphatic heterocycles. The molecule has 1 unspecified atom stereocenters. The summed E-state index contributed by atoms with van der Waals surface area (Å²) >= 11 is 0. The van der Waals surface area contributed by atoms with E-state index in [1.54, 1.807) is 18.7 Å². The highest BCUT2D eigenvalue weighted by Crippen LogP contribution is 2.14. The zero-order valence-corrected chi connectivity index (χ0v) is 15.5. The largest absolute Gasteiger partial charge is 0.460 e. The van der Waals surface area contributed by atoms with Crippen LogP contribution in [0.5, 0.6) is 0 Å². The van der Waals surface area contributed by atoms with E-state index in [1.165, 1.54) is 0 Å². The number of likely N-dealkylation sites (N-methyl/N-ethyl adjacent to an activating group) is 1. The van der Waals surface area contributed by atoms with Crippen LogP contribution in [-0.4, -0.2) is 41.1 Å². The number of ether oxygens (including phenoxy) is 2. The number of rotatable bonds is 7. The Morgan fingerprint density at radius 3 is 2.08 bits per heavy atom. The van der Waals surface area contributed by atoms with E-state index < -0.39 is 17.7 Å². The van der Waals surface area contributed by atoms with Gasteiger partial charge in [-0.2, -0.15) is 0 Å². The normalized spacial score (nSPS) is 14.1. The second kappa shape index (κ2) is 8.83. The van der Waals surface area contributed by atoms with Crippen LogP contribution < -0.4 is 0 Å². The first-order chi connectivity index (χ1) is 11.2. The van der Waals surface area contributed by atoms with Gasteiger partial charge in [-0.05, 0) is 46.7 Å². The van der Waals surface area contributed by atoms with Crippen LogP contribution in [0.4, 0.5) is 0 Å². The predicted molar refractivity (Wildman–Crippen MR) is 93.4 cm³/mol. The van der Waals surface area contributed by atoms with Gasteiger partial charge in [-0.15, -0.1) is 0 Å². The number of carbonyl (C=O) groups is 2. The van der Waals surface area contributed by atoms with Gasteiger partial charge >= 0.3 is 11.9 Å². The zero-order valence-electron chi connectivity index (χ0n) is 15.5. The lowest BCUT2D eigenvalue weighted by Crippen LogP contribution is -2.50. The Labute approximate surface area is 144 Å². The fourth-order valence-electron chi connectivity index (χ4n) is 2.39. The van der Waals surface area contributed by atoms with Crippen LogP contribution in [0.15, 0.2) is 30.3 Å². The molecule has 2 atom stereocenters. The third-order valence-electron chi connectivity index (χ3n) is 3.67. The van der Waals surface area contributed by atoms with Crippen LogP contribution in [0.2, 0.25) is 0 Å². The minimum atomic E-state index is -0.554. The maximum absolute atomic E-state index is 12.3. The number of hydrogen-bond acceptors (Lipinski definition) is 5. The number of hydrogen-bond donors (Lipinski definition) is 0. The lowest BCUT2D eigenvalue weighted by molar-refractivity contribution is -0.164. The smallest absolute Gasteiger partial charge is 0.323 e. The highest BCUT2D eigenvalue weighted by Gasteiger charge is 2.32. The molecule has 0 amide bonds. The molecule has 0 radical (unpaired) electrons. The monoisotopic (exact) mass is 335 g/mol. The van der Waals surface area contributed by atoms with Crippen molar-refractivity contribution < 1.29 is 19.1 Å². The molecule has 24 heavy (non-hydrogen) atoms. The third kappa shape index (κ3) is 6.32. The second-order valence-electron chi connectivity index (χ2n) is 6.81. The summed E-state index contributed by atoms with van der Waals surface area (Å²) in [6.07, 6.45) is 0. The first-order valence-corrected chi connectivity index (χ1v) is 8.35. The van der Waals surface area contributed by atoms with E-state index in [0.29, 0.717) is 6.54 Å². The molecule has 0 aromatic heterocycles. The summed E-state index contributed by atoms with van der Waals surface area (Å²) in [5.74, 6) is -0.692. The summed E-state index contributed by atoms with van der Waals surface area (Å²) in [6.45, 7) is 11.6. The van der Waals surface area contributed by atoms with Gasteiger partial charge in [-0.3, -0.25) is 14.5 Å². The van der Waals surface area contributed by atoms with Crippen molar-refractivity contribution in [2.75, 3.05) is 6.54 Å². The average molecular weight is 335 g/mol. The number of carbonyl (C=O) groups excluding carboxylic acids is 2. The molecular formula is C19H29NO4. The van der Waals surface area contributed by atoms with Crippen LogP contribution in [0.3, 0.4) is 0 Å². The summed E-state index contributed by atoms with van der Waals surface area (Å²) in [4.78, 5) is 26.3. The molecule has 5 nitrogen and oxygen atoms in total. The van der Waals surface area contributed by atoms with Gasteiger partial charge in [-0.25, -0.2) is 0 Å². The van der Waals surface area contributed by atoms with Crippen LogP contribution in [0.1, 0.15) is 47.1 Å². The van der Waals surface area contributed by atoms with Crippen LogP contribution >= 0.6 is 0 Å². The first kappa shape index (κ1) is 20.2. The van der Waals surface area contributed by atoms with Crippen molar-refractivity contribution in [1.29, 1.82) is 0 Å². The Hall–Kier alpha value is -1.88. The molecular weight excluding hydrogens is 306 g/mol. The Balaban J connectivity index is 2.65. The minimum Gasteiger partial charge on any atom is -0.460 e. The van der Waals surface area contributed by atoms with E-state index in [9.17, 15) is 9.59 Å². The predicted octanol–water partition coefficient (Wildman–Crippen LogP) is 3.17. The lowest BCUT2D eigenvalue weighted by Gasteiger charge is -2.32. The molecule has 0 aliphatic rings. The Kier molecular flexibility index (Phi) is 7.42. The van der Waals surface area contributed by atoms with Gasteiger partial charge in [-0.1, -0.05) is 37.3 Å². The Morgan fingerprint density at radius 2 is 1.58 bits per heavy atom. The van der Waals surface area contributed by atoms with Gasteiger partial charge in [0, 0.05) is 0 Å². The third-order valence-corrected chi connectivity index (χ3v) is 3.67. The molecule has 134 valence electrons. The fraction of sp³-hybridized carbons (Fsp3) is 0.579. The van der Waals surface area contributed by atoms with Crippen LogP contribution in [-0.2, 0) is 25.7 Å². The molecule has 0 saturated heterocycles. The lowest BCUT2D eigenvalue weighted by atomic mass is 10.1.